The van der Waals surface area contributed by atoms with Gasteiger partial charge in [-0.3, -0.25) is 14.9 Å². The van der Waals surface area contributed by atoms with E-state index in [0.717, 1.165) is 5.39 Å². The number of para-hydroxylation sites is 1. The Morgan fingerprint density at radius 2 is 1.93 bits per heavy atom. The van der Waals surface area contributed by atoms with Crippen molar-refractivity contribution in [3.8, 4) is 5.69 Å². The highest BCUT2D eigenvalue weighted by atomic mass is 35.5. The first-order valence-corrected chi connectivity index (χ1v) is 9.03. The number of carbonyl (C=O) groups is 1. The second-order valence-corrected chi connectivity index (χ2v) is 6.89. The van der Waals surface area contributed by atoms with E-state index in [1.165, 1.54) is 16.8 Å². The number of nitro benzene ring substituents is 1. The Balaban J connectivity index is 1.69. The molecule has 2 aromatic carbocycles. The van der Waals surface area contributed by atoms with Crippen LogP contribution in [0.15, 0.2) is 52.9 Å². The van der Waals surface area contributed by atoms with Crippen LogP contribution in [0.4, 0.5) is 11.5 Å². The lowest BCUT2D eigenvalue weighted by Crippen LogP contribution is -2.15. The number of benzene rings is 2. The first-order chi connectivity index (χ1) is 13.8. The third-order valence-corrected chi connectivity index (χ3v) is 4.80. The Labute approximate surface area is 169 Å². The summed E-state index contributed by atoms with van der Waals surface area (Å²) in [6, 6.07) is 12.9. The van der Waals surface area contributed by atoms with E-state index in [1.54, 1.807) is 44.2 Å². The minimum atomic E-state index is -0.476. The smallest absolute Gasteiger partial charge is 0.292 e. The van der Waals surface area contributed by atoms with Crippen LogP contribution in [-0.4, -0.2) is 20.6 Å². The fourth-order valence-corrected chi connectivity index (χ4v) is 3.31. The number of aryl methyl sites for hydroxylation is 2. The number of amides is 1. The van der Waals surface area contributed by atoms with E-state index in [-0.39, 0.29) is 11.4 Å². The van der Waals surface area contributed by atoms with Crippen molar-refractivity contribution in [3.05, 3.63) is 80.7 Å². The van der Waals surface area contributed by atoms with E-state index in [4.69, 9.17) is 16.0 Å². The minimum Gasteiger partial charge on any atom is -0.449 e. The summed E-state index contributed by atoms with van der Waals surface area (Å²) in [7, 11) is 0. The summed E-state index contributed by atoms with van der Waals surface area (Å²) in [6.07, 6.45) is 0. The van der Waals surface area contributed by atoms with E-state index in [2.05, 4.69) is 10.4 Å². The highest BCUT2D eigenvalue weighted by molar-refractivity contribution is 6.35. The summed E-state index contributed by atoms with van der Waals surface area (Å²) in [5, 5.41) is 19.2. The summed E-state index contributed by atoms with van der Waals surface area (Å²) in [5.74, 6) is 0.118. The summed E-state index contributed by atoms with van der Waals surface area (Å²) in [5.41, 5.74) is 2.35. The number of aromatic nitrogens is 2. The van der Waals surface area contributed by atoms with Crippen molar-refractivity contribution in [1.29, 1.82) is 0 Å². The molecule has 146 valence electrons. The molecule has 8 nitrogen and oxygen atoms in total. The zero-order chi connectivity index (χ0) is 20.7. The fraction of sp³-hybridized carbons (Fsp3) is 0.100. The number of hydrogen-bond donors (Lipinski definition) is 1. The van der Waals surface area contributed by atoms with Gasteiger partial charge >= 0.3 is 0 Å². The molecule has 0 saturated heterocycles. The van der Waals surface area contributed by atoms with Crippen molar-refractivity contribution in [2.45, 2.75) is 13.8 Å². The van der Waals surface area contributed by atoms with Crippen LogP contribution in [0.5, 0.6) is 0 Å². The van der Waals surface area contributed by atoms with Gasteiger partial charge in [-0.15, -0.1) is 0 Å². The van der Waals surface area contributed by atoms with Gasteiger partial charge in [-0.2, -0.15) is 5.10 Å². The Kier molecular flexibility index (Phi) is 4.56. The Morgan fingerprint density at radius 1 is 1.21 bits per heavy atom. The number of fused-ring (bicyclic) bond motifs is 1. The molecule has 0 radical (unpaired) electrons. The van der Waals surface area contributed by atoms with Gasteiger partial charge in [0.1, 0.15) is 5.82 Å². The number of non-ortho nitro benzene ring substituents is 1. The van der Waals surface area contributed by atoms with Crippen molar-refractivity contribution in [1.82, 2.24) is 9.78 Å². The molecule has 0 unspecified atom stereocenters. The van der Waals surface area contributed by atoms with Crippen LogP contribution in [0.2, 0.25) is 5.02 Å². The maximum absolute atomic E-state index is 12.9. The number of hydrogen-bond acceptors (Lipinski definition) is 5. The predicted octanol–water partition coefficient (Wildman–Crippen LogP) is 5.05. The molecule has 0 saturated carbocycles. The van der Waals surface area contributed by atoms with Gasteiger partial charge in [-0.05, 0) is 32.0 Å². The van der Waals surface area contributed by atoms with Crippen molar-refractivity contribution in [2.75, 3.05) is 5.32 Å². The van der Waals surface area contributed by atoms with Crippen molar-refractivity contribution >= 4 is 40.0 Å². The molecule has 0 atom stereocenters. The number of anilines is 1. The highest BCUT2D eigenvalue weighted by Gasteiger charge is 2.21. The minimum absolute atomic E-state index is 0.0296. The molecular formula is C20H15ClN4O4. The fourth-order valence-electron chi connectivity index (χ4n) is 3.10. The first-order valence-electron chi connectivity index (χ1n) is 8.65. The van der Waals surface area contributed by atoms with Gasteiger partial charge in [0.25, 0.3) is 11.6 Å². The van der Waals surface area contributed by atoms with Crippen LogP contribution in [0.25, 0.3) is 16.7 Å². The monoisotopic (exact) mass is 410 g/mol. The van der Waals surface area contributed by atoms with Gasteiger partial charge < -0.3 is 9.73 Å². The lowest BCUT2D eigenvalue weighted by atomic mass is 10.1. The van der Waals surface area contributed by atoms with Gasteiger partial charge in [0, 0.05) is 29.1 Å². The van der Waals surface area contributed by atoms with Crippen LogP contribution < -0.4 is 5.32 Å². The molecule has 0 bridgehead atoms. The lowest BCUT2D eigenvalue weighted by Gasteiger charge is -2.08. The molecule has 1 amide bonds. The van der Waals surface area contributed by atoms with Crippen LogP contribution in [0.1, 0.15) is 21.8 Å². The van der Waals surface area contributed by atoms with Gasteiger partial charge in [-0.25, -0.2) is 4.68 Å². The second kappa shape index (κ2) is 7.06. The summed E-state index contributed by atoms with van der Waals surface area (Å²) >= 11 is 6.16. The number of nitrogens with one attached hydrogen (secondary N) is 1. The van der Waals surface area contributed by atoms with E-state index >= 15 is 0 Å². The molecule has 9 heteroatoms. The maximum Gasteiger partial charge on any atom is 0.292 e. The maximum atomic E-state index is 12.9. The van der Waals surface area contributed by atoms with Crippen LogP contribution >= 0.6 is 11.6 Å². The average molecular weight is 411 g/mol. The second-order valence-electron chi connectivity index (χ2n) is 6.48. The number of carbonyl (C=O) groups excluding carboxylic acids is 1. The average Bonchev–Trinajstić information content (AvgIpc) is 3.23. The number of nitrogens with zero attached hydrogens (tertiary/aromatic N) is 3. The third kappa shape index (κ3) is 3.34. The van der Waals surface area contributed by atoms with Gasteiger partial charge in [0.05, 0.1) is 21.3 Å². The van der Waals surface area contributed by atoms with Crippen LogP contribution in [0.3, 0.4) is 0 Å². The first kappa shape index (κ1) is 18.7. The number of furan rings is 1. The normalized spacial score (nSPS) is 11.0. The molecule has 4 aromatic rings. The topological polar surface area (TPSA) is 103 Å². The van der Waals surface area contributed by atoms with Gasteiger partial charge in [-0.1, -0.05) is 23.7 Å². The lowest BCUT2D eigenvalue weighted by molar-refractivity contribution is -0.384. The number of nitro groups is 1. The van der Waals surface area contributed by atoms with E-state index in [0.29, 0.717) is 33.4 Å². The summed E-state index contributed by atoms with van der Waals surface area (Å²) in [6.45, 7) is 3.57. The predicted molar refractivity (Wildman–Crippen MR) is 109 cm³/mol. The van der Waals surface area contributed by atoms with Crippen molar-refractivity contribution in [3.63, 3.8) is 0 Å². The molecule has 2 aromatic heterocycles. The zero-order valence-corrected chi connectivity index (χ0v) is 16.2. The Morgan fingerprint density at radius 3 is 2.59 bits per heavy atom. The number of halogens is 1. The molecule has 0 spiro atoms. The quantitative estimate of drug-likeness (QED) is 0.374. The SMILES string of the molecule is Cc1cc(NC(=O)c2oc3c(Cl)cccc3c2C)n(-c2ccc([N+](=O)[O-])cc2)n1. The van der Waals surface area contributed by atoms with Crippen molar-refractivity contribution < 1.29 is 14.1 Å². The highest BCUT2D eigenvalue weighted by Crippen LogP contribution is 2.31. The van der Waals surface area contributed by atoms with E-state index in [1.807, 2.05) is 6.07 Å². The molecule has 0 aliphatic heterocycles. The Bertz CT molecular complexity index is 1260. The molecular weight excluding hydrogens is 396 g/mol. The molecule has 0 fully saturated rings. The largest absolute Gasteiger partial charge is 0.449 e. The van der Waals surface area contributed by atoms with Gasteiger partial charge in [0.15, 0.2) is 11.3 Å². The standard InChI is InChI=1S/C20H15ClN4O4/c1-11-10-17(24(23-11)13-6-8-14(9-7-13)25(27)28)22-20(26)18-12(2)15-4-3-5-16(21)19(15)29-18/h3-10H,1-2H3,(H,22,26). The van der Waals surface area contributed by atoms with Crippen LogP contribution in [-0.2, 0) is 0 Å². The molecule has 4 rings (SSSR count). The van der Waals surface area contributed by atoms with Crippen LogP contribution in [0, 0.1) is 24.0 Å². The molecule has 0 aliphatic carbocycles. The Hall–Kier alpha value is -3.65. The molecule has 0 aliphatic rings. The molecule has 1 N–H and O–H groups in total. The molecule has 2 heterocycles. The zero-order valence-electron chi connectivity index (χ0n) is 15.5. The van der Waals surface area contributed by atoms with Crippen molar-refractivity contribution in [2.24, 2.45) is 0 Å². The molecule has 29 heavy (non-hydrogen) atoms. The number of rotatable bonds is 4. The van der Waals surface area contributed by atoms with E-state index in [9.17, 15) is 14.9 Å². The van der Waals surface area contributed by atoms with E-state index < -0.39 is 10.8 Å². The summed E-state index contributed by atoms with van der Waals surface area (Å²) < 4.78 is 7.21. The third-order valence-electron chi connectivity index (χ3n) is 4.50. The van der Waals surface area contributed by atoms with Gasteiger partial charge in [0.2, 0.25) is 0 Å². The summed E-state index contributed by atoms with van der Waals surface area (Å²) in [4.78, 5) is 23.3.